The van der Waals surface area contributed by atoms with Gasteiger partial charge in [0.05, 0.1) is 23.7 Å². The highest BCUT2D eigenvalue weighted by atomic mass is 16.5. The Labute approximate surface area is 103 Å². The number of likely N-dealkylation sites (N-methyl/N-ethyl adjacent to an activating group) is 1. The van der Waals surface area contributed by atoms with Crippen molar-refractivity contribution < 1.29 is 4.74 Å². The summed E-state index contributed by atoms with van der Waals surface area (Å²) in [5.74, 6) is 0. The number of hydrogen-bond acceptors (Lipinski definition) is 3. The molecule has 0 amide bonds. The van der Waals surface area contributed by atoms with Gasteiger partial charge in [0.25, 0.3) is 0 Å². The first-order valence-electron chi connectivity index (χ1n) is 6.48. The molecule has 1 heterocycles. The molecule has 0 saturated heterocycles. The highest BCUT2D eigenvalue weighted by molar-refractivity contribution is 5.12. The monoisotopic (exact) mass is 237 g/mol. The summed E-state index contributed by atoms with van der Waals surface area (Å²) in [7, 11) is 3.84. The van der Waals surface area contributed by atoms with Crippen molar-refractivity contribution in [3.8, 4) is 0 Å². The van der Waals surface area contributed by atoms with Crippen molar-refractivity contribution in [1.82, 2.24) is 14.9 Å². The Hall–Kier alpha value is -0.870. The van der Waals surface area contributed by atoms with Crippen molar-refractivity contribution in [1.29, 1.82) is 0 Å². The lowest BCUT2D eigenvalue weighted by Gasteiger charge is -2.36. The molecule has 1 atom stereocenters. The zero-order chi connectivity index (χ0) is 12.3. The number of aromatic nitrogens is 2. The van der Waals surface area contributed by atoms with Gasteiger partial charge in [-0.15, -0.1) is 0 Å². The predicted molar refractivity (Wildman–Crippen MR) is 67.8 cm³/mol. The van der Waals surface area contributed by atoms with Gasteiger partial charge in [0.15, 0.2) is 0 Å². The lowest BCUT2D eigenvalue weighted by molar-refractivity contribution is -0.0374. The summed E-state index contributed by atoms with van der Waals surface area (Å²) < 4.78 is 7.86. The van der Waals surface area contributed by atoms with E-state index in [-0.39, 0.29) is 11.6 Å². The minimum atomic E-state index is -0.0651. The third kappa shape index (κ3) is 2.38. The van der Waals surface area contributed by atoms with Crippen LogP contribution in [0.2, 0.25) is 0 Å². The molecule has 1 N–H and O–H groups in total. The SMILES string of the molecule is CCNC(c1cn(C)cn1)C1(OC)CCCC1. The van der Waals surface area contributed by atoms with Gasteiger partial charge in [-0.2, -0.15) is 0 Å². The van der Waals surface area contributed by atoms with E-state index in [9.17, 15) is 0 Å². The molecule has 2 rings (SSSR count). The molecule has 1 unspecified atom stereocenters. The van der Waals surface area contributed by atoms with Crippen molar-refractivity contribution in [3.63, 3.8) is 0 Å². The number of hydrogen-bond donors (Lipinski definition) is 1. The summed E-state index contributed by atoms with van der Waals surface area (Å²) >= 11 is 0. The summed E-state index contributed by atoms with van der Waals surface area (Å²) in [4.78, 5) is 4.49. The number of rotatable bonds is 5. The van der Waals surface area contributed by atoms with E-state index < -0.39 is 0 Å². The smallest absolute Gasteiger partial charge is 0.0947 e. The summed E-state index contributed by atoms with van der Waals surface area (Å²) in [5, 5.41) is 3.55. The van der Waals surface area contributed by atoms with Gasteiger partial charge in [-0.3, -0.25) is 0 Å². The second-order valence-corrected chi connectivity index (χ2v) is 4.93. The topological polar surface area (TPSA) is 39.1 Å². The van der Waals surface area contributed by atoms with E-state index in [0.717, 1.165) is 25.1 Å². The van der Waals surface area contributed by atoms with Crippen molar-refractivity contribution in [2.45, 2.75) is 44.2 Å². The van der Waals surface area contributed by atoms with Gasteiger partial charge >= 0.3 is 0 Å². The second-order valence-electron chi connectivity index (χ2n) is 4.93. The third-order valence-electron chi connectivity index (χ3n) is 3.81. The molecule has 17 heavy (non-hydrogen) atoms. The number of nitrogens with one attached hydrogen (secondary N) is 1. The number of ether oxygens (including phenoxy) is 1. The van der Waals surface area contributed by atoms with Gasteiger partial charge < -0.3 is 14.6 Å². The normalized spacial score (nSPS) is 20.6. The summed E-state index contributed by atoms with van der Waals surface area (Å²) in [6.07, 6.45) is 8.70. The lowest BCUT2D eigenvalue weighted by Crippen LogP contribution is -2.43. The first kappa shape index (κ1) is 12.6. The minimum Gasteiger partial charge on any atom is -0.376 e. The standard InChI is InChI=1S/C13H23N3O/c1-4-14-12(11-9-16(2)10-15-11)13(17-3)7-5-6-8-13/h9-10,12,14H,4-8H2,1-3H3. The molecule has 1 aromatic rings. The fourth-order valence-corrected chi connectivity index (χ4v) is 2.93. The molecule has 4 nitrogen and oxygen atoms in total. The Kier molecular flexibility index (Phi) is 3.84. The molecule has 0 spiro atoms. The highest BCUT2D eigenvalue weighted by Gasteiger charge is 2.43. The highest BCUT2D eigenvalue weighted by Crippen LogP contribution is 2.41. The van der Waals surface area contributed by atoms with Gasteiger partial charge in [-0.1, -0.05) is 19.8 Å². The Morgan fingerprint density at radius 2 is 2.24 bits per heavy atom. The maximum Gasteiger partial charge on any atom is 0.0947 e. The molecule has 0 bridgehead atoms. The molecular weight excluding hydrogens is 214 g/mol. The molecule has 1 aromatic heterocycles. The van der Waals surface area contributed by atoms with Crippen LogP contribution in [0.5, 0.6) is 0 Å². The van der Waals surface area contributed by atoms with Gasteiger partial charge in [0, 0.05) is 20.4 Å². The van der Waals surface area contributed by atoms with Gasteiger partial charge in [-0.05, 0) is 19.4 Å². The fraction of sp³-hybridized carbons (Fsp3) is 0.769. The molecule has 96 valence electrons. The number of imidazole rings is 1. The summed E-state index contributed by atoms with van der Waals surface area (Å²) in [6, 6.07) is 0.209. The van der Waals surface area contributed by atoms with Crippen LogP contribution in [0, 0.1) is 0 Å². The molecule has 0 radical (unpaired) electrons. The molecule has 4 heteroatoms. The van der Waals surface area contributed by atoms with Crippen molar-refractivity contribution in [3.05, 3.63) is 18.2 Å². The third-order valence-corrected chi connectivity index (χ3v) is 3.81. The van der Waals surface area contributed by atoms with Gasteiger partial charge in [0.1, 0.15) is 0 Å². The van der Waals surface area contributed by atoms with Crippen LogP contribution in [0.15, 0.2) is 12.5 Å². The molecule has 1 aliphatic carbocycles. The van der Waals surface area contributed by atoms with Crippen LogP contribution < -0.4 is 5.32 Å². The van der Waals surface area contributed by atoms with E-state index in [1.165, 1.54) is 12.8 Å². The van der Waals surface area contributed by atoms with E-state index in [0.29, 0.717) is 0 Å². The van der Waals surface area contributed by atoms with E-state index in [2.05, 4.69) is 23.4 Å². The average Bonchev–Trinajstić information content (AvgIpc) is 2.95. The van der Waals surface area contributed by atoms with E-state index >= 15 is 0 Å². The zero-order valence-electron chi connectivity index (χ0n) is 11.1. The first-order valence-corrected chi connectivity index (χ1v) is 6.48. The van der Waals surface area contributed by atoms with E-state index in [1.807, 2.05) is 25.1 Å². The van der Waals surface area contributed by atoms with Gasteiger partial charge in [-0.25, -0.2) is 4.98 Å². The number of nitrogens with zero attached hydrogens (tertiary/aromatic N) is 2. The van der Waals surface area contributed by atoms with E-state index in [4.69, 9.17) is 4.74 Å². The predicted octanol–water partition coefficient (Wildman–Crippen LogP) is 2.03. The Balaban J connectivity index is 2.27. The molecule has 1 saturated carbocycles. The molecule has 1 aliphatic rings. The zero-order valence-corrected chi connectivity index (χ0v) is 11.1. The molecular formula is C13H23N3O. The van der Waals surface area contributed by atoms with Crippen LogP contribution >= 0.6 is 0 Å². The molecule has 0 aliphatic heterocycles. The van der Waals surface area contributed by atoms with Crippen LogP contribution in [0.3, 0.4) is 0 Å². The Bertz CT molecular complexity index is 355. The second kappa shape index (κ2) is 5.19. The van der Waals surface area contributed by atoms with Crippen molar-refractivity contribution >= 4 is 0 Å². The van der Waals surface area contributed by atoms with Crippen LogP contribution in [0.1, 0.15) is 44.3 Å². The summed E-state index contributed by atoms with van der Waals surface area (Å²) in [5.41, 5.74) is 1.03. The maximum atomic E-state index is 5.87. The Morgan fingerprint density at radius 1 is 1.53 bits per heavy atom. The van der Waals surface area contributed by atoms with Crippen molar-refractivity contribution in [2.24, 2.45) is 7.05 Å². The quantitative estimate of drug-likeness (QED) is 0.851. The first-order chi connectivity index (χ1) is 8.22. The van der Waals surface area contributed by atoms with Crippen LogP contribution in [0.25, 0.3) is 0 Å². The maximum absolute atomic E-state index is 5.87. The fourth-order valence-electron chi connectivity index (χ4n) is 2.93. The molecule has 1 fully saturated rings. The largest absolute Gasteiger partial charge is 0.376 e. The Morgan fingerprint density at radius 3 is 2.71 bits per heavy atom. The van der Waals surface area contributed by atoms with Crippen LogP contribution in [-0.4, -0.2) is 28.8 Å². The number of aryl methyl sites for hydroxylation is 1. The average molecular weight is 237 g/mol. The van der Waals surface area contributed by atoms with Crippen LogP contribution in [-0.2, 0) is 11.8 Å². The lowest BCUT2D eigenvalue weighted by atomic mass is 9.89. The summed E-state index contributed by atoms with van der Waals surface area (Å²) in [6.45, 7) is 3.07. The van der Waals surface area contributed by atoms with E-state index in [1.54, 1.807) is 0 Å². The minimum absolute atomic E-state index is 0.0651. The van der Waals surface area contributed by atoms with Crippen LogP contribution in [0.4, 0.5) is 0 Å². The number of methoxy groups -OCH3 is 1. The van der Waals surface area contributed by atoms with Gasteiger partial charge in [0.2, 0.25) is 0 Å². The van der Waals surface area contributed by atoms with Crippen molar-refractivity contribution in [2.75, 3.05) is 13.7 Å². The molecule has 0 aromatic carbocycles.